The van der Waals surface area contributed by atoms with Gasteiger partial charge in [0.2, 0.25) is 5.91 Å². The van der Waals surface area contributed by atoms with E-state index in [0.717, 1.165) is 67.4 Å². The zero-order valence-corrected chi connectivity index (χ0v) is 20.8. The smallest absolute Gasteiger partial charge is 0.222 e. The SMILES string of the molecule is CCC(=O)N1CCN(Cc2cc3nc(-c4cccc(N)c4C=N)nc(N4CCOCC4)c3s2)CC1. The number of hydrogen-bond acceptors (Lipinski definition) is 9. The van der Waals surface area contributed by atoms with Crippen LogP contribution in [0.15, 0.2) is 24.3 Å². The molecule has 0 bridgehead atoms. The number of nitrogen functional groups attached to an aromatic ring is 1. The first kappa shape index (κ1) is 23.7. The molecule has 0 unspecified atom stereocenters. The van der Waals surface area contributed by atoms with Crippen molar-refractivity contribution in [3.8, 4) is 11.4 Å². The number of nitrogens with one attached hydrogen (secondary N) is 1. The van der Waals surface area contributed by atoms with Crippen molar-refractivity contribution in [1.29, 1.82) is 5.41 Å². The molecule has 1 aromatic carbocycles. The summed E-state index contributed by atoms with van der Waals surface area (Å²) in [6.45, 7) is 8.96. The van der Waals surface area contributed by atoms with Crippen LogP contribution in [0.25, 0.3) is 21.6 Å². The summed E-state index contributed by atoms with van der Waals surface area (Å²) in [6, 6.07) is 7.75. The van der Waals surface area contributed by atoms with E-state index in [-0.39, 0.29) is 5.91 Å². The van der Waals surface area contributed by atoms with Crippen LogP contribution in [-0.4, -0.2) is 84.4 Å². The van der Waals surface area contributed by atoms with E-state index in [1.807, 2.05) is 24.0 Å². The average molecular weight is 494 g/mol. The number of rotatable bonds is 6. The minimum Gasteiger partial charge on any atom is -0.398 e. The van der Waals surface area contributed by atoms with Gasteiger partial charge in [-0.25, -0.2) is 9.97 Å². The van der Waals surface area contributed by atoms with E-state index in [0.29, 0.717) is 36.7 Å². The Labute approximate surface area is 209 Å². The highest BCUT2D eigenvalue weighted by atomic mass is 32.1. The lowest BCUT2D eigenvalue weighted by Crippen LogP contribution is -2.48. The first-order chi connectivity index (χ1) is 17.1. The number of ether oxygens (including phenoxy) is 1. The molecular weight excluding hydrogens is 462 g/mol. The second kappa shape index (κ2) is 10.3. The molecular formula is C25H31N7O2S. The summed E-state index contributed by atoms with van der Waals surface area (Å²) in [5, 5.41) is 7.87. The fourth-order valence-corrected chi connectivity index (χ4v) is 5.85. The van der Waals surface area contributed by atoms with Gasteiger partial charge < -0.3 is 25.7 Å². The van der Waals surface area contributed by atoms with Gasteiger partial charge in [0.25, 0.3) is 0 Å². The zero-order chi connectivity index (χ0) is 24.4. The summed E-state index contributed by atoms with van der Waals surface area (Å²) in [7, 11) is 0. The van der Waals surface area contributed by atoms with Crippen molar-refractivity contribution in [2.45, 2.75) is 19.9 Å². The molecule has 0 atom stereocenters. The number of benzene rings is 1. The van der Waals surface area contributed by atoms with E-state index in [2.05, 4.69) is 15.9 Å². The zero-order valence-electron chi connectivity index (χ0n) is 20.0. The van der Waals surface area contributed by atoms with Crippen molar-refractivity contribution in [3.63, 3.8) is 0 Å². The van der Waals surface area contributed by atoms with E-state index >= 15 is 0 Å². The Hall–Kier alpha value is -3.08. The lowest BCUT2D eigenvalue weighted by atomic mass is 10.1. The van der Waals surface area contributed by atoms with Gasteiger partial charge >= 0.3 is 0 Å². The number of anilines is 2. The molecule has 5 rings (SSSR count). The summed E-state index contributed by atoms with van der Waals surface area (Å²) in [5.74, 6) is 1.73. The number of carbonyl (C=O) groups excluding carboxylic acids is 1. The molecule has 9 nitrogen and oxygen atoms in total. The Kier molecular flexibility index (Phi) is 6.94. The Morgan fingerprint density at radius 1 is 1.17 bits per heavy atom. The van der Waals surface area contributed by atoms with Gasteiger partial charge in [0, 0.05) is 80.1 Å². The molecule has 35 heavy (non-hydrogen) atoms. The summed E-state index contributed by atoms with van der Waals surface area (Å²) >= 11 is 1.74. The van der Waals surface area contributed by atoms with Crippen molar-refractivity contribution in [2.75, 3.05) is 63.1 Å². The number of fused-ring (bicyclic) bond motifs is 1. The molecule has 10 heteroatoms. The van der Waals surface area contributed by atoms with E-state index in [1.165, 1.54) is 11.1 Å². The lowest BCUT2D eigenvalue weighted by Gasteiger charge is -2.34. The molecule has 0 radical (unpaired) electrons. The quantitative estimate of drug-likeness (QED) is 0.401. The van der Waals surface area contributed by atoms with Gasteiger partial charge in [-0.05, 0) is 12.1 Å². The standard InChI is InChI=1S/C25H31N7O2S/c1-2-22(33)31-8-6-30(7-9-31)16-17-14-21-23(35-17)25(32-10-12-34-13-11-32)29-24(28-21)18-4-3-5-20(27)19(18)15-26/h3-5,14-15,26H,2,6-13,16,27H2,1H3. The highest BCUT2D eigenvalue weighted by molar-refractivity contribution is 7.19. The first-order valence-corrected chi connectivity index (χ1v) is 12.9. The predicted molar refractivity (Wildman–Crippen MR) is 140 cm³/mol. The maximum atomic E-state index is 12.0. The minimum atomic E-state index is 0.232. The molecule has 0 saturated carbocycles. The normalized spacial score (nSPS) is 17.2. The second-order valence-corrected chi connectivity index (χ2v) is 10.00. The third kappa shape index (κ3) is 4.86. The molecule has 2 saturated heterocycles. The van der Waals surface area contributed by atoms with E-state index in [9.17, 15) is 4.79 Å². The molecule has 4 heterocycles. The number of morpholine rings is 1. The number of carbonyl (C=O) groups is 1. The van der Waals surface area contributed by atoms with Crippen molar-refractivity contribution >= 4 is 45.2 Å². The molecule has 2 aliphatic rings. The molecule has 3 N–H and O–H groups in total. The van der Waals surface area contributed by atoms with Crippen LogP contribution in [0.1, 0.15) is 23.8 Å². The fourth-order valence-electron chi connectivity index (χ4n) is 4.69. The number of nitrogens with two attached hydrogens (primary N) is 1. The molecule has 3 aromatic rings. The van der Waals surface area contributed by atoms with Gasteiger partial charge in [0.05, 0.1) is 23.4 Å². The van der Waals surface area contributed by atoms with Crippen molar-refractivity contribution in [3.05, 3.63) is 34.7 Å². The first-order valence-electron chi connectivity index (χ1n) is 12.1. The number of hydrogen-bond donors (Lipinski definition) is 2. The van der Waals surface area contributed by atoms with E-state index < -0.39 is 0 Å². The van der Waals surface area contributed by atoms with Crippen LogP contribution >= 0.6 is 11.3 Å². The maximum absolute atomic E-state index is 12.0. The van der Waals surface area contributed by atoms with Gasteiger partial charge in [0.15, 0.2) is 11.6 Å². The van der Waals surface area contributed by atoms with E-state index in [4.69, 9.17) is 25.8 Å². The van der Waals surface area contributed by atoms with Crippen LogP contribution < -0.4 is 10.6 Å². The summed E-state index contributed by atoms with van der Waals surface area (Å²) in [5.41, 5.74) is 9.00. The summed E-state index contributed by atoms with van der Waals surface area (Å²) in [4.78, 5) is 29.8. The highest BCUT2D eigenvalue weighted by Gasteiger charge is 2.23. The van der Waals surface area contributed by atoms with Crippen LogP contribution in [-0.2, 0) is 16.1 Å². The Morgan fingerprint density at radius 2 is 1.94 bits per heavy atom. The Bertz CT molecular complexity index is 1230. The molecule has 2 aliphatic heterocycles. The summed E-state index contributed by atoms with van der Waals surface area (Å²) in [6.07, 6.45) is 1.84. The number of thiophene rings is 1. The predicted octanol–water partition coefficient (Wildman–Crippen LogP) is 2.83. The topological polar surface area (TPSA) is 112 Å². The van der Waals surface area contributed by atoms with Crippen molar-refractivity contribution in [1.82, 2.24) is 19.8 Å². The van der Waals surface area contributed by atoms with Crippen molar-refractivity contribution < 1.29 is 9.53 Å². The molecule has 1 amide bonds. The number of amides is 1. The van der Waals surface area contributed by atoms with Crippen LogP contribution in [0.3, 0.4) is 0 Å². The van der Waals surface area contributed by atoms with Crippen LogP contribution in [0, 0.1) is 5.41 Å². The molecule has 2 aromatic heterocycles. The van der Waals surface area contributed by atoms with Crippen LogP contribution in [0.4, 0.5) is 11.5 Å². The van der Waals surface area contributed by atoms with Gasteiger partial charge in [-0.3, -0.25) is 9.69 Å². The van der Waals surface area contributed by atoms with Crippen LogP contribution in [0.5, 0.6) is 0 Å². The molecule has 0 aliphatic carbocycles. The van der Waals surface area contributed by atoms with Gasteiger partial charge in [0.1, 0.15) is 0 Å². The van der Waals surface area contributed by atoms with Gasteiger partial charge in [-0.2, -0.15) is 0 Å². The third-order valence-electron chi connectivity index (χ3n) is 6.65. The van der Waals surface area contributed by atoms with Gasteiger partial charge in [-0.15, -0.1) is 11.3 Å². The van der Waals surface area contributed by atoms with Crippen molar-refractivity contribution in [2.24, 2.45) is 0 Å². The molecule has 2 fully saturated rings. The van der Waals surface area contributed by atoms with E-state index in [1.54, 1.807) is 17.4 Å². The monoisotopic (exact) mass is 493 g/mol. The Morgan fingerprint density at radius 3 is 2.66 bits per heavy atom. The third-order valence-corrected chi connectivity index (χ3v) is 7.75. The highest BCUT2D eigenvalue weighted by Crippen LogP contribution is 2.36. The molecule has 184 valence electrons. The largest absolute Gasteiger partial charge is 0.398 e. The minimum absolute atomic E-state index is 0.232. The number of piperazine rings is 1. The fraction of sp³-hybridized carbons (Fsp3) is 0.440. The van der Waals surface area contributed by atoms with Gasteiger partial charge in [-0.1, -0.05) is 19.1 Å². The molecule has 0 spiro atoms. The Balaban J connectivity index is 1.48. The number of nitrogens with zero attached hydrogens (tertiary/aromatic N) is 5. The summed E-state index contributed by atoms with van der Waals surface area (Å²) < 4.78 is 6.65. The number of aromatic nitrogens is 2. The lowest BCUT2D eigenvalue weighted by molar-refractivity contribution is -0.132. The second-order valence-electron chi connectivity index (χ2n) is 8.86. The van der Waals surface area contributed by atoms with Crippen LogP contribution in [0.2, 0.25) is 0 Å². The average Bonchev–Trinajstić information content (AvgIpc) is 3.30. The maximum Gasteiger partial charge on any atom is 0.222 e.